The van der Waals surface area contributed by atoms with Crippen LogP contribution in [0, 0.1) is 11.3 Å². The van der Waals surface area contributed by atoms with Crippen molar-refractivity contribution in [3.8, 4) is 6.07 Å². The third kappa shape index (κ3) is 2.41. The Morgan fingerprint density at radius 2 is 2.27 bits per heavy atom. The van der Waals surface area contributed by atoms with E-state index in [0.717, 1.165) is 6.07 Å². The molecule has 0 aliphatic rings. The molecule has 0 saturated heterocycles. The number of nitriles is 1. The Labute approximate surface area is 89.9 Å². The van der Waals surface area contributed by atoms with E-state index in [4.69, 9.17) is 22.0 Å². The maximum absolute atomic E-state index is 12.6. The molecule has 1 heterocycles. The molecule has 0 saturated carbocycles. The quantitative estimate of drug-likeness (QED) is 0.812. The largest absolute Gasteiger partial charge is 0.392 e. The highest BCUT2D eigenvalue weighted by Crippen LogP contribution is 2.26. The normalized spacial score (nSPS) is 10.4. The monoisotopic (exact) mass is 232 g/mol. The summed E-state index contributed by atoms with van der Waals surface area (Å²) in [5.74, 6) is -0.0554. The van der Waals surface area contributed by atoms with Gasteiger partial charge in [0.15, 0.2) is 0 Å². The molecule has 0 aliphatic carbocycles. The Morgan fingerprint density at radius 3 is 2.67 bits per heavy atom. The summed E-state index contributed by atoms with van der Waals surface area (Å²) in [4.78, 5) is 3.74. The van der Waals surface area contributed by atoms with Crippen LogP contribution in [0.2, 0.25) is 0 Å². The first-order valence-electron chi connectivity index (χ1n) is 4.01. The molecular formula is C9H7ClF2N2O. The van der Waals surface area contributed by atoms with Gasteiger partial charge in [-0.1, -0.05) is 0 Å². The molecule has 6 heteroatoms. The van der Waals surface area contributed by atoms with Gasteiger partial charge in [0.1, 0.15) is 11.8 Å². The minimum atomic E-state index is -2.76. The highest BCUT2D eigenvalue weighted by atomic mass is 35.5. The highest BCUT2D eigenvalue weighted by molar-refractivity contribution is 6.16. The summed E-state index contributed by atoms with van der Waals surface area (Å²) in [6, 6.07) is 2.75. The van der Waals surface area contributed by atoms with Gasteiger partial charge in [0.05, 0.1) is 18.2 Å². The van der Waals surface area contributed by atoms with Crippen molar-refractivity contribution in [3.05, 3.63) is 28.6 Å². The van der Waals surface area contributed by atoms with Gasteiger partial charge in [0.25, 0.3) is 6.43 Å². The van der Waals surface area contributed by atoms with E-state index in [0.29, 0.717) is 0 Å². The van der Waals surface area contributed by atoms with Crippen LogP contribution in [0.3, 0.4) is 0 Å². The molecular weight excluding hydrogens is 226 g/mol. The summed E-state index contributed by atoms with van der Waals surface area (Å²) < 4.78 is 25.1. The SMILES string of the molecule is N#Cc1nc(CCl)cc(C(F)F)c1CO. The first-order chi connectivity index (χ1) is 7.13. The molecule has 0 unspecified atom stereocenters. The number of hydrogen-bond acceptors (Lipinski definition) is 3. The Morgan fingerprint density at radius 1 is 1.60 bits per heavy atom. The average Bonchev–Trinajstić information content (AvgIpc) is 2.26. The van der Waals surface area contributed by atoms with Crippen molar-refractivity contribution < 1.29 is 13.9 Å². The van der Waals surface area contributed by atoms with E-state index < -0.39 is 13.0 Å². The maximum Gasteiger partial charge on any atom is 0.264 e. The van der Waals surface area contributed by atoms with E-state index in [1.807, 2.05) is 0 Å². The van der Waals surface area contributed by atoms with E-state index >= 15 is 0 Å². The first kappa shape index (κ1) is 11.8. The fraction of sp³-hybridized carbons (Fsp3) is 0.333. The summed E-state index contributed by atoms with van der Waals surface area (Å²) in [5.41, 5.74) is -0.535. The molecule has 0 atom stereocenters. The second kappa shape index (κ2) is 5.01. The standard InChI is InChI=1S/C9H7ClF2N2O/c10-2-5-1-6(9(11)12)7(4-15)8(3-13)14-5/h1,9,15H,2,4H2. The third-order valence-corrected chi connectivity index (χ3v) is 2.12. The van der Waals surface area contributed by atoms with E-state index in [-0.39, 0.29) is 28.4 Å². The van der Waals surface area contributed by atoms with Gasteiger partial charge in [-0.05, 0) is 6.07 Å². The lowest BCUT2D eigenvalue weighted by molar-refractivity contribution is 0.146. The van der Waals surface area contributed by atoms with Crippen molar-refractivity contribution in [2.24, 2.45) is 0 Å². The van der Waals surface area contributed by atoms with E-state index in [1.54, 1.807) is 6.07 Å². The van der Waals surface area contributed by atoms with Gasteiger partial charge >= 0.3 is 0 Å². The van der Waals surface area contributed by atoms with Gasteiger partial charge in [-0.2, -0.15) is 5.26 Å². The van der Waals surface area contributed by atoms with Crippen LogP contribution < -0.4 is 0 Å². The van der Waals surface area contributed by atoms with Crippen LogP contribution in [-0.4, -0.2) is 10.1 Å². The predicted octanol–water partition coefficient (Wildman–Crippen LogP) is 2.12. The highest BCUT2D eigenvalue weighted by Gasteiger charge is 2.18. The van der Waals surface area contributed by atoms with Gasteiger partial charge in [-0.25, -0.2) is 13.8 Å². The molecule has 3 nitrogen and oxygen atoms in total. The lowest BCUT2D eigenvalue weighted by Gasteiger charge is -2.09. The Balaban J connectivity index is 3.41. The molecule has 0 fully saturated rings. The molecule has 0 spiro atoms. The van der Waals surface area contributed by atoms with Crippen molar-refractivity contribution in [1.82, 2.24) is 4.98 Å². The number of alkyl halides is 3. The second-order valence-corrected chi connectivity index (χ2v) is 3.00. The molecule has 80 valence electrons. The molecule has 15 heavy (non-hydrogen) atoms. The molecule has 0 radical (unpaired) electrons. The summed E-state index contributed by atoms with van der Waals surface area (Å²) >= 11 is 5.45. The van der Waals surface area contributed by atoms with Crippen LogP contribution in [0.5, 0.6) is 0 Å². The van der Waals surface area contributed by atoms with Crippen LogP contribution >= 0.6 is 11.6 Å². The zero-order chi connectivity index (χ0) is 11.4. The lowest BCUT2D eigenvalue weighted by Crippen LogP contribution is -2.04. The number of nitrogens with zero attached hydrogens (tertiary/aromatic N) is 2. The van der Waals surface area contributed by atoms with Gasteiger partial charge in [0.2, 0.25) is 0 Å². The molecule has 0 bridgehead atoms. The van der Waals surface area contributed by atoms with Crippen LogP contribution in [0.4, 0.5) is 8.78 Å². The Hall–Kier alpha value is -1.25. The number of aromatic nitrogens is 1. The van der Waals surface area contributed by atoms with E-state index in [9.17, 15) is 8.78 Å². The summed E-state index contributed by atoms with van der Waals surface area (Å²) in [7, 11) is 0. The zero-order valence-electron chi connectivity index (χ0n) is 7.54. The molecule has 1 aromatic heterocycles. The van der Waals surface area contributed by atoms with Gasteiger partial charge in [-0.15, -0.1) is 11.6 Å². The third-order valence-electron chi connectivity index (χ3n) is 1.85. The van der Waals surface area contributed by atoms with Crippen molar-refractivity contribution >= 4 is 11.6 Å². The van der Waals surface area contributed by atoms with E-state index in [1.165, 1.54) is 0 Å². The lowest BCUT2D eigenvalue weighted by atomic mass is 10.1. The molecule has 0 aliphatic heterocycles. The number of hydrogen-bond donors (Lipinski definition) is 1. The summed E-state index contributed by atoms with van der Waals surface area (Å²) in [6.45, 7) is -0.641. The van der Waals surface area contributed by atoms with Crippen molar-refractivity contribution in [2.75, 3.05) is 0 Å². The molecule has 1 rings (SSSR count). The molecule has 0 amide bonds. The van der Waals surface area contributed by atoms with Crippen LogP contribution in [0.1, 0.15) is 28.9 Å². The number of halogens is 3. The second-order valence-electron chi connectivity index (χ2n) is 2.73. The Kier molecular flexibility index (Phi) is 3.95. The fourth-order valence-electron chi connectivity index (χ4n) is 1.17. The van der Waals surface area contributed by atoms with Crippen molar-refractivity contribution in [1.29, 1.82) is 5.26 Å². The number of aliphatic hydroxyl groups excluding tert-OH is 1. The van der Waals surface area contributed by atoms with Gasteiger partial charge < -0.3 is 5.11 Å². The van der Waals surface area contributed by atoms with Crippen LogP contribution in [-0.2, 0) is 12.5 Å². The first-order valence-corrected chi connectivity index (χ1v) is 4.55. The fourth-order valence-corrected chi connectivity index (χ4v) is 1.31. The maximum atomic E-state index is 12.6. The summed E-state index contributed by atoms with van der Waals surface area (Å²) in [6.07, 6.45) is -2.76. The molecule has 0 aromatic carbocycles. The van der Waals surface area contributed by atoms with Crippen LogP contribution in [0.25, 0.3) is 0 Å². The number of aliphatic hydroxyl groups is 1. The zero-order valence-corrected chi connectivity index (χ0v) is 8.30. The Bertz CT molecular complexity index is 404. The smallest absolute Gasteiger partial charge is 0.264 e. The van der Waals surface area contributed by atoms with Crippen molar-refractivity contribution in [2.45, 2.75) is 18.9 Å². The molecule has 1 N–H and O–H groups in total. The minimum absolute atomic E-state index is 0.0554. The topological polar surface area (TPSA) is 56.9 Å². The predicted molar refractivity (Wildman–Crippen MR) is 49.4 cm³/mol. The summed E-state index contributed by atoms with van der Waals surface area (Å²) in [5, 5.41) is 17.5. The van der Waals surface area contributed by atoms with E-state index in [2.05, 4.69) is 4.98 Å². The number of rotatable bonds is 3. The van der Waals surface area contributed by atoms with Gasteiger partial charge in [-0.3, -0.25) is 0 Å². The number of pyridine rings is 1. The molecule has 1 aromatic rings. The van der Waals surface area contributed by atoms with Crippen LogP contribution in [0.15, 0.2) is 6.07 Å². The van der Waals surface area contributed by atoms with Gasteiger partial charge in [0, 0.05) is 11.1 Å². The minimum Gasteiger partial charge on any atom is -0.392 e. The van der Waals surface area contributed by atoms with Crippen molar-refractivity contribution in [3.63, 3.8) is 0 Å². The average molecular weight is 233 g/mol.